The fourth-order valence-electron chi connectivity index (χ4n) is 6.39. The number of benzene rings is 2. The zero-order valence-corrected chi connectivity index (χ0v) is 27.5. The average molecular weight is 693 g/mol. The van der Waals surface area contributed by atoms with Crippen molar-refractivity contribution < 1.29 is 32.6 Å². The molecule has 3 N–H and O–H groups in total. The van der Waals surface area contributed by atoms with Gasteiger partial charge in [0.05, 0.1) is 31.9 Å². The first-order chi connectivity index (χ1) is 23.0. The Kier molecular flexibility index (Phi) is 7.26. The van der Waals surface area contributed by atoms with Crippen molar-refractivity contribution in [3.8, 4) is 22.8 Å². The van der Waals surface area contributed by atoms with E-state index in [2.05, 4.69) is 5.32 Å². The van der Waals surface area contributed by atoms with Crippen molar-refractivity contribution in [2.75, 3.05) is 13.2 Å². The van der Waals surface area contributed by atoms with E-state index in [1.165, 1.54) is 6.07 Å². The highest BCUT2D eigenvalue weighted by Gasteiger charge is 2.51. The Bertz CT molecular complexity index is 2050. The lowest BCUT2D eigenvalue weighted by atomic mass is 9.76. The molecule has 0 bridgehead atoms. The lowest BCUT2D eigenvalue weighted by Gasteiger charge is -2.30. The minimum Gasteiger partial charge on any atom is -0.489 e. The summed E-state index contributed by atoms with van der Waals surface area (Å²) in [5, 5.41) is 3.49. The second-order valence-corrected chi connectivity index (χ2v) is 15.0. The Hall–Kier alpha value is -4.16. The number of thiazole rings is 1. The third-order valence-corrected chi connectivity index (χ3v) is 11.5. The van der Waals surface area contributed by atoms with Gasteiger partial charge in [-0.1, -0.05) is 11.6 Å². The summed E-state index contributed by atoms with van der Waals surface area (Å²) in [5.74, 6) is -2.51. The van der Waals surface area contributed by atoms with Crippen molar-refractivity contribution in [2.24, 2.45) is 11.7 Å². The van der Waals surface area contributed by atoms with Gasteiger partial charge in [0.2, 0.25) is 5.91 Å². The van der Waals surface area contributed by atoms with E-state index in [4.69, 9.17) is 36.8 Å². The molecule has 2 amide bonds. The first-order valence-electron chi connectivity index (χ1n) is 16.0. The van der Waals surface area contributed by atoms with Gasteiger partial charge >= 0.3 is 0 Å². The molecule has 13 heteroatoms. The van der Waals surface area contributed by atoms with Crippen molar-refractivity contribution >= 4 is 51.3 Å². The third-order valence-electron chi connectivity index (χ3n) is 9.92. The summed E-state index contributed by atoms with van der Waals surface area (Å²) in [5.41, 5.74) is 4.97. The summed E-state index contributed by atoms with van der Waals surface area (Å²) < 4.78 is 41.7. The lowest BCUT2D eigenvalue weighted by Crippen LogP contribution is -2.45. The second kappa shape index (κ2) is 11.2. The number of primary amides is 1. The highest BCUT2D eigenvalue weighted by molar-refractivity contribution is 7.18. The molecule has 2 aromatic carbocycles. The number of amides is 2. The minimum absolute atomic E-state index is 0.0219. The van der Waals surface area contributed by atoms with Crippen LogP contribution in [0.3, 0.4) is 0 Å². The molecule has 0 radical (unpaired) electrons. The van der Waals surface area contributed by atoms with Crippen LogP contribution in [0.4, 0.5) is 8.78 Å². The van der Waals surface area contributed by atoms with Gasteiger partial charge in [0.1, 0.15) is 41.0 Å². The molecule has 248 valence electrons. The van der Waals surface area contributed by atoms with E-state index >= 15 is 0 Å². The topological polar surface area (TPSA) is 134 Å². The van der Waals surface area contributed by atoms with Crippen LogP contribution in [0.1, 0.15) is 78.0 Å². The summed E-state index contributed by atoms with van der Waals surface area (Å²) in [7, 11) is 0. The highest BCUT2D eigenvalue weighted by atomic mass is 35.5. The van der Waals surface area contributed by atoms with E-state index in [1.807, 2.05) is 0 Å². The van der Waals surface area contributed by atoms with Gasteiger partial charge in [-0.2, -0.15) is 0 Å². The zero-order chi connectivity index (χ0) is 33.5. The van der Waals surface area contributed by atoms with Gasteiger partial charge in [-0.3, -0.25) is 9.59 Å². The van der Waals surface area contributed by atoms with Crippen molar-refractivity contribution in [3.63, 3.8) is 0 Å². The van der Waals surface area contributed by atoms with Crippen LogP contribution in [0.5, 0.6) is 11.5 Å². The van der Waals surface area contributed by atoms with E-state index in [-0.39, 0.29) is 47.9 Å². The van der Waals surface area contributed by atoms with E-state index in [9.17, 15) is 23.2 Å². The summed E-state index contributed by atoms with van der Waals surface area (Å²) in [6.45, 7) is 1.37. The SMILES string of the molecule is C[C@]1(C(N)=O)COc2c1cc([C@@](C=O)(CNC(=O)c1cc(OC3CC3)c3nc(C4CC4)sc3c1)C1CC1)nc2-c1ccc(F)c(F)c1Cl. The summed E-state index contributed by atoms with van der Waals surface area (Å²) in [6.07, 6.45) is 6.36. The standard InChI is InChI=1S/C35H31ClF2N4O5S/c1-34(33(39)45)15-46-30-21(34)12-25(41-28(30)20-8-9-22(37)27(38)26(20)36)35(14-43,18-4-5-18)13-40-31(44)17-10-23(47-19-6-7-19)29-24(11-17)48-32(42-29)16-2-3-16/h8-12,14,16,18-19H,2-7,13,15H2,1H3,(H2,39,45)(H,40,44)/t34-,35+/m0/s1. The van der Waals surface area contributed by atoms with E-state index in [0.717, 1.165) is 53.3 Å². The van der Waals surface area contributed by atoms with Gasteiger partial charge in [-0.05, 0) is 81.7 Å². The van der Waals surface area contributed by atoms with Crippen LogP contribution in [0, 0.1) is 17.6 Å². The summed E-state index contributed by atoms with van der Waals surface area (Å²) in [6, 6.07) is 7.30. The van der Waals surface area contributed by atoms with Crippen LogP contribution in [0.2, 0.25) is 5.02 Å². The number of hydrogen-bond acceptors (Lipinski definition) is 8. The molecule has 3 fully saturated rings. The first-order valence-corrected chi connectivity index (χ1v) is 17.2. The molecule has 4 aromatic rings. The van der Waals surface area contributed by atoms with Crippen molar-refractivity contribution in [1.82, 2.24) is 15.3 Å². The number of fused-ring (bicyclic) bond motifs is 2. The number of ether oxygens (including phenoxy) is 2. The number of rotatable bonds is 11. The van der Waals surface area contributed by atoms with Crippen LogP contribution in [-0.4, -0.2) is 47.3 Å². The molecule has 3 saturated carbocycles. The number of carbonyl (C=O) groups excluding carboxylic acids is 3. The zero-order valence-electron chi connectivity index (χ0n) is 25.9. The van der Waals surface area contributed by atoms with Gasteiger partial charge in [-0.15, -0.1) is 11.3 Å². The number of halogens is 3. The molecule has 3 heterocycles. The normalized spacial score (nSPS) is 21.3. The molecule has 2 aromatic heterocycles. The van der Waals surface area contributed by atoms with E-state index in [1.54, 1.807) is 36.5 Å². The molecule has 0 spiro atoms. The Morgan fingerprint density at radius 1 is 1.17 bits per heavy atom. The van der Waals surface area contributed by atoms with Gasteiger partial charge in [0, 0.05) is 29.2 Å². The average Bonchev–Trinajstić information content (AvgIpc) is 3.96. The predicted octanol–water partition coefficient (Wildman–Crippen LogP) is 6.12. The maximum atomic E-state index is 14.7. The molecule has 1 aliphatic heterocycles. The Labute approximate surface area is 283 Å². The molecule has 48 heavy (non-hydrogen) atoms. The summed E-state index contributed by atoms with van der Waals surface area (Å²) in [4.78, 5) is 49.4. The molecule has 0 unspecified atom stereocenters. The van der Waals surface area contributed by atoms with Crippen LogP contribution in [0.25, 0.3) is 21.5 Å². The molecule has 9 nitrogen and oxygen atoms in total. The Balaban J connectivity index is 1.19. The number of pyridine rings is 1. The van der Waals surface area contributed by atoms with Crippen LogP contribution in [-0.2, 0) is 20.4 Å². The quantitative estimate of drug-likeness (QED) is 0.143. The van der Waals surface area contributed by atoms with Crippen molar-refractivity contribution in [3.05, 3.63) is 68.8 Å². The van der Waals surface area contributed by atoms with Gasteiger partial charge < -0.3 is 25.3 Å². The fraction of sp³-hybridized carbons (Fsp3) is 0.400. The van der Waals surface area contributed by atoms with E-state index < -0.39 is 39.3 Å². The first kappa shape index (κ1) is 31.1. The van der Waals surface area contributed by atoms with E-state index in [0.29, 0.717) is 35.6 Å². The van der Waals surface area contributed by atoms with Crippen LogP contribution < -0.4 is 20.5 Å². The molecule has 4 aliphatic rings. The number of aldehydes is 1. The monoisotopic (exact) mass is 692 g/mol. The van der Waals surface area contributed by atoms with Crippen LogP contribution in [0.15, 0.2) is 30.3 Å². The lowest BCUT2D eigenvalue weighted by molar-refractivity contribution is -0.123. The number of nitrogens with one attached hydrogen (secondary N) is 1. The highest BCUT2D eigenvalue weighted by Crippen LogP contribution is 2.51. The summed E-state index contributed by atoms with van der Waals surface area (Å²) >= 11 is 7.85. The van der Waals surface area contributed by atoms with Crippen molar-refractivity contribution in [1.29, 1.82) is 0 Å². The maximum Gasteiger partial charge on any atom is 0.251 e. The minimum atomic E-state index is -1.33. The number of nitrogens with two attached hydrogens (primary N) is 1. The number of carbonyl (C=O) groups is 3. The van der Waals surface area contributed by atoms with Crippen molar-refractivity contribution in [2.45, 2.75) is 68.3 Å². The Morgan fingerprint density at radius 3 is 2.60 bits per heavy atom. The van der Waals surface area contributed by atoms with Crippen LogP contribution >= 0.6 is 22.9 Å². The van der Waals surface area contributed by atoms with Gasteiger partial charge in [0.15, 0.2) is 11.6 Å². The smallest absolute Gasteiger partial charge is 0.251 e. The number of nitrogens with zero attached hydrogens (tertiary/aromatic N) is 2. The van der Waals surface area contributed by atoms with Gasteiger partial charge in [-0.25, -0.2) is 18.7 Å². The second-order valence-electron chi connectivity index (χ2n) is 13.5. The predicted molar refractivity (Wildman–Crippen MR) is 175 cm³/mol. The van der Waals surface area contributed by atoms with Gasteiger partial charge in [0.25, 0.3) is 5.91 Å². The third kappa shape index (κ3) is 5.11. The Morgan fingerprint density at radius 2 is 1.94 bits per heavy atom. The maximum absolute atomic E-state index is 14.7. The molecule has 2 atom stereocenters. The molecular weight excluding hydrogens is 662 g/mol. The number of hydrogen-bond donors (Lipinski definition) is 2. The fourth-order valence-corrected chi connectivity index (χ4v) is 7.83. The molecule has 8 rings (SSSR count). The molecule has 0 saturated heterocycles. The molecule has 3 aliphatic carbocycles. The number of aromatic nitrogens is 2. The molecular formula is C35H31ClF2N4O5S. The largest absolute Gasteiger partial charge is 0.489 e.